The number of nitrogens with one attached hydrogen (secondary N) is 1. The molecule has 0 bridgehead atoms. The van der Waals surface area contributed by atoms with Crippen molar-refractivity contribution in [3.8, 4) is 0 Å². The van der Waals surface area contributed by atoms with Crippen molar-refractivity contribution in [2.24, 2.45) is 0 Å². The second-order valence-electron chi connectivity index (χ2n) is 4.00. The predicted molar refractivity (Wildman–Crippen MR) is 83.2 cm³/mol. The summed E-state index contributed by atoms with van der Waals surface area (Å²) in [6.45, 7) is 1.87. The molecule has 0 saturated carbocycles. The molecule has 1 heterocycles. The quantitative estimate of drug-likeness (QED) is 0.774. The van der Waals surface area contributed by atoms with E-state index in [1.54, 1.807) is 24.4 Å². The van der Waals surface area contributed by atoms with Gasteiger partial charge in [0.15, 0.2) is 0 Å². The Labute approximate surface area is 127 Å². The van der Waals surface area contributed by atoms with Gasteiger partial charge < -0.3 is 11.1 Å². The molecule has 4 nitrogen and oxygen atoms in total. The Morgan fingerprint density at radius 1 is 1.26 bits per heavy atom. The third-order valence-electron chi connectivity index (χ3n) is 2.54. The largest absolute Gasteiger partial charge is 0.398 e. The maximum atomic E-state index is 12.1. The molecular formula is C13H11Br2N3O. The van der Waals surface area contributed by atoms with E-state index in [4.69, 9.17) is 5.73 Å². The highest BCUT2D eigenvalue weighted by Crippen LogP contribution is 2.21. The predicted octanol–water partition coefficient (Wildman–Crippen LogP) is 3.75. The fraction of sp³-hybridized carbons (Fsp3) is 0.0769. The molecule has 0 radical (unpaired) electrons. The summed E-state index contributed by atoms with van der Waals surface area (Å²) in [5, 5.41) is 2.75. The fourth-order valence-corrected chi connectivity index (χ4v) is 2.41. The summed E-state index contributed by atoms with van der Waals surface area (Å²) in [4.78, 5) is 16.3. The van der Waals surface area contributed by atoms with E-state index in [0.29, 0.717) is 17.1 Å². The average Bonchev–Trinajstić information content (AvgIpc) is 2.32. The van der Waals surface area contributed by atoms with E-state index < -0.39 is 0 Å². The highest BCUT2D eigenvalue weighted by molar-refractivity contribution is 9.10. The molecular weight excluding hydrogens is 374 g/mol. The Balaban J connectivity index is 2.25. The Morgan fingerprint density at radius 3 is 2.63 bits per heavy atom. The summed E-state index contributed by atoms with van der Waals surface area (Å²) in [6.07, 6.45) is 1.63. The van der Waals surface area contributed by atoms with Crippen molar-refractivity contribution in [1.29, 1.82) is 0 Å². The normalized spacial score (nSPS) is 10.3. The number of pyridine rings is 1. The number of halogens is 2. The van der Waals surface area contributed by atoms with Crippen molar-refractivity contribution in [2.45, 2.75) is 6.92 Å². The second-order valence-corrected chi connectivity index (χ2v) is 5.84. The van der Waals surface area contributed by atoms with Crippen LogP contribution in [0.25, 0.3) is 0 Å². The molecule has 0 unspecified atom stereocenters. The molecule has 98 valence electrons. The lowest BCUT2D eigenvalue weighted by atomic mass is 10.1. The number of nitrogen functional groups attached to an aromatic ring is 1. The minimum Gasteiger partial charge on any atom is -0.398 e. The van der Waals surface area contributed by atoms with E-state index in [0.717, 1.165) is 14.5 Å². The van der Waals surface area contributed by atoms with Gasteiger partial charge in [0.05, 0.1) is 5.56 Å². The number of hydrogen-bond acceptors (Lipinski definition) is 3. The van der Waals surface area contributed by atoms with Gasteiger partial charge in [0.2, 0.25) is 0 Å². The topological polar surface area (TPSA) is 68.0 Å². The average molecular weight is 385 g/mol. The zero-order valence-electron chi connectivity index (χ0n) is 10.1. The van der Waals surface area contributed by atoms with Crippen LogP contribution in [-0.4, -0.2) is 10.9 Å². The molecule has 3 N–H and O–H groups in total. The molecule has 0 aliphatic rings. The van der Waals surface area contributed by atoms with Crippen LogP contribution in [0.4, 0.5) is 11.5 Å². The minimum absolute atomic E-state index is 0.275. The third-order valence-corrected chi connectivity index (χ3v) is 3.46. The fourth-order valence-electron chi connectivity index (χ4n) is 1.59. The second kappa shape index (κ2) is 5.71. The number of rotatable bonds is 2. The summed E-state index contributed by atoms with van der Waals surface area (Å²) in [5.74, 6) is 0.249. The lowest BCUT2D eigenvalue weighted by Gasteiger charge is -2.09. The van der Waals surface area contributed by atoms with Gasteiger partial charge in [-0.3, -0.25) is 4.79 Å². The van der Waals surface area contributed by atoms with Crippen LogP contribution in [0.1, 0.15) is 15.9 Å². The van der Waals surface area contributed by atoms with E-state index in [2.05, 4.69) is 42.2 Å². The number of benzene rings is 1. The smallest absolute Gasteiger partial charge is 0.258 e. The lowest BCUT2D eigenvalue weighted by Crippen LogP contribution is -2.15. The van der Waals surface area contributed by atoms with Gasteiger partial charge in [0.25, 0.3) is 5.91 Å². The summed E-state index contributed by atoms with van der Waals surface area (Å²) in [7, 11) is 0. The first-order valence-corrected chi connectivity index (χ1v) is 7.04. The van der Waals surface area contributed by atoms with E-state index in [-0.39, 0.29) is 5.91 Å². The molecule has 1 aromatic heterocycles. The first-order chi connectivity index (χ1) is 8.97. The summed E-state index contributed by atoms with van der Waals surface area (Å²) >= 11 is 6.63. The molecule has 6 heteroatoms. The highest BCUT2D eigenvalue weighted by Gasteiger charge is 2.12. The Morgan fingerprint density at radius 2 is 2.00 bits per heavy atom. The van der Waals surface area contributed by atoms with Crippen LogP contribution in [-0.2, 0) is 0 Å². The zero-order valence-corrected chi connectivity index (χ0v) is 13.2. The number of carbonyl (C=O) groups is 1. The molecule has 0 fully saturated rings. The number of aromatic nitrogens is 1. The number of nitrogens with zero attached hydrogens (tertiary/aromatic N) is 1. The number of hydrogen-bond donors (Lipinski definition) is 2. The number of nitrogens with two attached hydrogens (primary N) is 1. The van der Waals surface area contributed by atoms with Crippen LogP contribution >= 0.6 is 31.9 Å². The van der Waals surface area contributed by atoms with Crippen LogP contribution in [0.2, 0.25) is 0 Å². The highest BCUT2D eigenvalue weighted by atomic mass is 79.9. The van der Waals surface area contributed by atoms with Gasteiger partial charge in [0, 0.05) is 20.8 Å². The van der Waals surface area contributed by atoms with Gasteiger partial charge in [-0.2, -0.15) is 0 Å². The summed E-state index contributed by atoms with van der Waals surface area (Å²) in [6, 6.07) is 7.01. The van der Waals surface area contributed by atoms with Gasteiger partial charge in [-0.1, -0.05) is 15.9 Å². The number of anilines is 2. The van der Waals surface area contributed by atoms with Crippen molar-refractivity contribution in [1.82, 2.24) is 4.98 Å². The third kappa shape index (κ3) is 3.33. The van der Waals surface area contributed by atoms with Crippen molar-refractivity contribution in [3.05, 3.63) is 50.5 Å². The molecule has 19 heavy (non-hydrogen) atoms. The molecule has 2 aromatic rings. The Bertz CT molecular complexity index is 644. The SMILES string of the molecule is Cc1cc(Br)cnc1NC(=O)c1ccc(Br)cc1N. The molecule has 0 saturated heterocycles. The van der Waals surface area contributed by atoms with Crippen molar-refractivity contribution in [3.63, 3.8) is 0 Å². The van der Waals surface area contributed by atoms with E-state index in [1.165, 1.54) is 0 Å². The molecule has 1 amide bonds. The maximum absolute atomic E-state index is 12.1. The first-order valence-electron chi connectivity index (χ1n) is 5.46. The number of amides is 1. The first kappa shape index (κ1) is 14.0. The van der Waals surface area contributed by atoms with Gasteiger partial charge in [-0.15, -0.1) is 0 Å². The molecule has 0 spiro atoms. The molecule has 0 aliphatic heterocycles. The van der Waals surface area contributed by atoms with Crippen LogP contribution in [0.15, 0.2) is 39.4 Å². The van der Waals surface area contributed by atoms with Gasteiger partial charge in [-0.25, -0.2) is 4.98 Å². The van der Waals surface area contributed by atoms with Crippen LogP contribution in [0, 0.1) is 6.92 Å². The van der Waals surface area contributed by atoms with Crippen LogP contribution in [0.5, 0.6) is 0 Å². The van der Waals surface area contributed by atoms with E-state index >= 15 is 0 Å². The van der Waals surface area contributed by atoms with Crippen molar-refractivity contribution in [2.75, 3.05) is 11.1 Å². The van der Waals surface area contributed by atoms with Gasteiger partial charge in [0.1, 0.15) is 5.82 Å². The van der Waals surface area contributed by atoms with Crippen LogP contribution < -0.4 is 11.1 Å². The Hall–Kier alpha value is -1.40. The van der Waals surface area contributed by atoms with Crippen molar-refractivity contribution < 1.29 is 4.79 Å². The van der Waals surface area contributed by atoms with Crippen LogP contribution in [0.3, 0.4) is 0 Å². The van der Waals surface area contributed by atoms with E-state index in [1.807, 2.05) is 13.0 Å². The summed E-state index contributed by atoms with van der Waals surface area (Å²) < 4.78 is 1.70. The Kier molecular flexibility index (Phi) is 4.21. The maximum Gasteiger partial charge on any atom is 0.258 e. The molecule has 0 atom stereocenters. The monoisotopic (exact) mass is 383 g/mol. The zero-order chi connectivity index (χ0) is 14.0. The molecule has 1 aromatic carbocycles. The summed E-state index contributed by atoms with van der Waals surface area (Å²) in [5.41, 5.74) is 7.53. The molecule has 2 rings (SSSR count). The number of carbonyl (C=O) groups excluding carboxylic acids is 1. The minimum atomic E-state index is -0.275. The lowest BCUT2D eigenvalue weighted by molar-refractivity contribution is 0.102. The molecule has 0 aliphatic carbocycles. The standard InChI is InChI=1S/C13H11Br2N3O/c1-7-4-9(15)6-17-12(7)18-13(19)10-3-2-8(14)5-11(10)16/h2-6H,16H2,1H3,(H,17,18,19). The van der Waals surface area contributed by atoms with E-state index in [9.17, 15) is 4.79 Å². The van der Waals surface area contributed by atoms with Crippen molar-refractivity contribution >= 4 is 49.3 Å². The number of aryl methyl sites for hydroxylation is 1. The van der Waals surface area contributed by atoms with Gasteiger partial charge >= 0.3 is 0 Å². The van der Waals surface area contributed by atoms with Gasteiger partial charge in [-0.05, 0) is 52.7 Å².